The smallest absolute Gasteiger partial charge is 0.128 e. The summed E-state index contributed by atoms with van der Waals surface area (Å²) in [7, 11) is 1.74. The summed E-state index contributed by atoms with van der Waals surface area (Å²) < 4.78 is 5.21. The summed E-state index contributed by atoms with van der Waals surface area (Å²) in [6.07, 6.45) is 1.90. The molecular weight excluding hydrogens is 250 g/mol. The summed E-state index contributed by atoms with van der Waals surface area (Å²) in [5.74, 6) is 1.64. The fourth-order valence-electron chi connectivity index (χ4n) is 2.24. The summed E-state index contributed by atoms with van der Waals surface area (Å²) in [6, 6.07) is 4.62. The van der Waals surface area contributed by atoms with E-state index < -0.39 is 0 Å². The van der Waals surface area contributed by atoms with Crippen LogP contribution < -0.4 is 10.2 Å². The third-order valence-electron chi connectivity index (χ3n) is 3.25. The topological polar surface area (TPSA) is 37.4 Å². The Kier molecular flexibility index (Phi) is 7.55. The molecule has 0 radical (unpaired) electrons. The van der Waals surface area contributed by atoms with Gasteiger partial charge in [0.25, 0.3) is 0 Å². The molecule has 0 amide bonds. The molecule has 1 aromatic heterocycles. The van der Waals surface area contributed by atoms with Crippen LogP contribution in [0.25, 0.3) is 0 Å². The molecule has 0 bridgehead atoms. The molecule has 1 heterocycles. The van der Waals surface area contributed by atoms with Crippen LogP contribution in [0.4, 0.5) is 5.82 Å². The van der Waals surface area contributed by atoms with E-state index in [1.165, 1.54) is 5.56 Å². The quantitative estimate of drug-likeness (QED) is 0.754. The standard InChI is InChI=1S/C16H29N3O/c1-6-17-14(4)15-7-8-18-16(11-15)19(9-10-20-5)12-13(2)3/h7-8,11,13-14,17H,6,9-10,12H2,1-5H3. The molecule has 1 N–H and O–H groups in total. The first-order valence-corrected chi connectivity index (χ1v) is 7.51. The van der Waals surface area contributed by atoms with Crippen LogP contribution in [-0.4, -0.2) is 38.3 Å². The maximum Gasteiger partial charge on any atom is 0.128 e. The van der Waals surface area contributed by atoms with Gasteiger partial charge in [-0.25, -0.2) is 4.98 Å². The maximum absolute atomic E-state index is 5.21. The van der Waals surface area contributed by atoms with Crippen molar-refractivity contribution in [2.45, 2.75) is 33.7 Å². The lowest BCUT2D eigenvalue weighted by Gasteiger charge is -2.26. The molecule has 1 unspecified atom stereocenters. The van der Waals surface area contributed by atoms with Gasteiger partial charge >= 0.3 is 0 Å². The van der Waals surface area contributed by atoms with E-state index in [2.05, 4.69) is 55.0 Å². The van der Waals surface area contributed by atoms with Crippen LogP contribution in [0.15, 0.2) is 18.3 Å². The van der Waals surface area contributed by atoms with Crippen molar-refractivity contribution in [2.75, 3.05) is 38.3 Å². The van der Waals surface area contributed by atoms with Crippen molar-refractivity contribution in [3.8, 4) is 0 Å². The van der Waals surface area contributed by atoms with Crippen molar-refractivity contribution in [3.63, 3.8) is 0 Å². The number of methoxy groups -OCH3 is 1. The van der Waals surface area contributed by atoms with Gasteiger partial charge in [0.2, 0.25) is 0 Å². The Labute approximate surface area is 123 Å². The minimum atomic E-state index is 0.352. The van der Waals surface area contributed by atoms with Gasteiger partial charge in [0.1, 0.15) is 5.82 Å². The maximum atomic E-state index is 5.21. The Morgan fingerprint density at radius 3 is 2.70 bits per heavy atom. The first-order valence-electron chi connectivity index (χ1n) is 7.51. The van der Waals surface area contributed by atoms with Crippen LogP contribution in [0.5, 0.6) is 0 Å². The van der Waals surface area contributed by atoms with E-state index in [9.17, 15) is 0 Å². The molecule has 1 rings (SSSR count). The summed E-state index contributed by atoms with van der Waals surface area (Å²) in [5.41, 5.74) is 1.28. The molecule has 0 aromatic carbocycles. The van der Waals surface area contributed by atoms with E-state index in [4.69, 9.17) is 4.74 Å². The highest BCUT2D eigenvalue weighted by Crippen LogP contribution is 2.19. The SMILES string of the molecule is CCNC(C)c1ccnc(N(CCOC)CC(C)C)c1. The normalized spacial score (nSPS) is 12.7. The first-order chi connectivity index (χ1) is 9.58. The number of rotatable bonds is 9. The van der Waals surface area contributed by atoms with Crippen LogP contribution in [0.3, 0.4) is 0 Å². The molecule has 4 heteroatoms. The molecule has 114 valence electrons. The van der Waals surface area contributed by atoms with Gasteiger partial charge in [-0.2, -0.15) is 0 Å². The van der Waals surface area contributed by atoms with Crippen LogP contribution in [0.2, 0.25) is 0 Å². The second-order valence-electron chi connectivity index (χ2n) is 5.56. The number of anilines is 1. The van der Waals surface area contributed by atoms with E-state index >= 15 is 0 Å². The number of aromatic nitrogens is 1. The van der Waals surface area contributed by atoms with E-state index in [1.807, 2.05) is 6.20 Å². The highest BCUT2D eigenvalue weighted by molar-refractivity contribution is 5.41. The number of hydrogen-bond acceptors (Lipinski definition) is 4. The van der Waals surface area contributed by atoms with Crippen molar-refractivity contribution in [1.29, 1.82) is 0 Å². The molecule has 0 aliphatic rings. The fraction of sp³-hybridized carbons (Fsp3) is 0.688. The molecule has 1 aromatic rings. The molecule has 0 fully saturated rings. The van der Waals surface area contributed by atoms with Gasteiger partial charge in [-0.05, 0) is 37.1 Å². The largest absolute Gasteiger partial charge is 0.383 e. The van der Waals surface area contributed by atoms with Crippen LogP contribution in [-0.2, 0) is 4.74 Å². The highest BCUT2D eigenvalue weighted by atomic mass is 16.5. The zero-order chi connectivity index (χ0) is 15.0. The minimum Gasteiger partial charge on any atom is -0.383 e. The lowest BCUT2D eigenvalue weighted by Crippen LogP contribution is -2.32. The first kappa shape index (κ1) is 16.9. The third kappa shape index (κ3) is 5.47. The fourth-order valence-corrected chi connectivity index (χ4v) is 2.24. The predicted molar refractivity (Wildman–Crippen MR) is 85.3 cm³/mol. The number of ether oxygens (including phenoxy) is 1. The molecule has 0 saturated heterocycles. The number of hydrogen-bond donors (Lipinski definition) is 1. The zero-order valence-electron chi connectivity index (χ0n) is 13.5. The van der Waals surface area contributed by atoms with Crippen molar-refractivity contribution in [3.05, 3.63) is 23.9 Å². The number of pyridine rings is 1. The Bertz CT molecular complexity index is 382. The van der Waals surface area contributed by atoms with E-state index in [-0.39, 0.29) is 0 Å². The van der Waals surface area contributed by atoms with Crippen LogP contribution >= 0.6 is 0 Å². The third-order valence-corrected chi connectivity index (χ3v) is 3.25. The van der Waals surface area contributed by atoms with Gasteiger partial charge in [0.05, 0.1) is 6.61 Å². The molecule has 1 atom stereocenters. The van der Waals surface area contributed by atoms with E-state index in [0.717, 1.165) is 32.1 Å². The Morgan fingerprint density at radius 2 is 2.10 bits per heavy atom. The predicted octanol–water partition coefficient (Wildman–Crippen LogP) is 2.86. The Morgan fingerprint density at radius 1 is 1.35 bits per heavy atom. The van der Waals surface area contributed by atoms with Gasteiger partial charge in [-0.3, -0.25) is 0 Å². The Hall–Kier alpha value is -1.13. The Balaban J connectivity index is 2.86. The second-order valence-corrected chi connectivity index (χ2v) is 5.56. The lowest BCUT2D eigenvalue weighted by molar-refractivity contribution is 0.204. The molecule has 0 aliphatic carbocycles. The number of nitrogens with zero attached hydrogens (tertiary/aromatic N) is 2. The van der Waals surface area contributed by atoms with Gasteiger partial charge in [0.15, 0.2) is 0 Å². The molecule has 4 nitrogen and oxygen atoms in total. The zero-order valence-corrected chi connectivity index (χ0v) is 13.5. The van der Waals surface area contributed by atoms with Gasteiger partial charge < -0.3 is 15.0 Å². The monoisotopic (exact) mass is 279 g/mol. The van der Waals surface area contributed by atoms with Gasteiger partial charge in [0, 0.05) is 32.4 Å². The summed E-state index contributed by atoms with van der Waals surface area (Å²) in [5, 5.41) is 3.44. The van der Waals surface area contributed by atoms with Crippen molar-refractivity contribution >= 4 is 5.82 Å². The minimum absolute atomic E-state index is 0.352. The van der Waals surface area contributed by atoms with Gasteiger partial charge in [-0.15, -0.1) is 0 Å². The van der Waals surface area contributed by atoms with Gasteiger partial charge in [-0.1, -0.05) is 20.8 Å². The second kappa shape index (κ2) is 8.93. The lowest BCUT2D eigenvalue weighted by atomic mass is 10.1. The molecular formula is C16H29N3O. The molecule has 0 aliphatic heterocycles. The van der Waals surface area contributed by atoms with E-state index in [0.29, 0.717) is 12.0 Å². The molecule has 20 heavy (non-hydrogen) atoms. The average Bonchev–Trinajstić information content (AvgIpc) is 2.43. The average molecular weight is 279 g/mol. The van der Waals surface area contributed by atoms with Crippen LogP contribution in [0.1, 0.15) is 39.3 Å². The highest BCUT2D eigenvalue weighted by Gasteiger charge is 2.12. The summed E-state index contributed by atoms with van der Waals surface area (Å²) >= 11 is 0. The van der Waals surface area contributed by atoms with Crippen molar-refractivity contribution < 1.29 is 4.74 Å². The summed E-state index contributed by atoms with van der Waals surface area (Å²) in [6.45, 7) is 12.3. The van der Waals surface area contributed by atoms with E-state index in [1.54, 1.807) is 7.11 Å². The van der Waals surface area contributed by atoms with Crippen molar-refractivity contribution in [2.24, 2.45) is 5.92 Å². The number of nitrogens with one attached hydrogen (secondary N) is 1. The molecule has 0 spiro atoms. The van der Waals surface area contributed by atoms with Crippen molar-refractivity contribution in [1.82, 2.24) is 10.3 Å². The summed E-state index contributed by atoms with van der Waals surface area (Å²) in [4.78, 5) is 6.83. The molecule has 0 saturated carbocycles. The van der Waals surface area contributed by atoms with Crippen LogP contribution in [0, 0.1) is 5.92 Å².